The van der Waals surface area contributed by atoms with Crippen LogP contribution in [0.1, 0.15) is 5.56 Å². The number of nitrogens with one attached hydrogen (secondary N) is 2. The zero-order valence-electron chi connectivity index (χ0n) is 12.0. The maximum Gasteiger partial charge on any atom is 0.267 e. The van der Waals surface area contributed by atoms with Gasteiger partial charge in [-0.3, -0.25) is 4.79 Å². The van der Waals surface area contributed by atoms with Crippen molar-refractivity contribution in [2.75, 3.05) is 5.32 Å². The van der Waals surface area contributed by atoms with Gasteiger partial charge in [0.2, 0.25) is 0 Å². The van der Waals surface area contributed by atoms with E-state index in [1.807, 2.05) is 6.07 Å². The molecule has 0 atom stereocenters. The standard InChI is InChI=1S/C17H13ClFN3O/c18-14-3-7-16(8-4-14)22-17(23)13(9-20)11-21-10-12-1-5-15(19)6-2-12/h1-8,11,21H,10H2,(H,22,23)/b13-11-. The molecule has 116 valence electrons. The maximum atomic E-state index is 12.8. The molecule has 0 aliphatic carbocycles. The molecule has 2 N–H and O–H groups in total. The lowest BCUT2D eigenvalue weighted by Gasteiger charge is -2.05. The number of carbonyl (C=O) groups is 1. The van der Waals surface area contributed by atoms with Gasteiger partial charge in [-0.1, -0.05) is 23.7 Å². The average molecular weight is 330 g/mol. The van der Waals surface area contributed by atoms with Crippen molar-refractivity contribution in [3.05, 3.63) is 76.7 Å². The molecular formula is C17H13ClFN3O. The molecule has 0 unspecified atom stereocenters. The van der Waals surface area contributed by atoms with Gasteiger partial charge >= 0.3 is 0 Å². The van der Waals surface area contributed by atoms with Crippen molar-refractivity contribution < 1.29 is 9.18 Å². The summed E-state index contributed by atoms with van der Waals surface area (Å²) < 4.78 is 12.8. The molecule has 2 rings (SSSR count). The summed E-state index contributed by atoms with van der Waals surface area (Å²) in [7, 11) is 0. The molecule has 0 saturated carbocycles. The summed E-state index contributed by atoms with van der Waals surface area (Å²) in [6, 6.07) is 14.3. The van der Waals surface area contributed by atoms with Crippen LogP contribution in [0, 0.1) is 17.1 Å². The molecular weight excluding hydrogens is 317 g/mol. The molecule has 0 saturated heterocycles. The van der Waals surface area contributed by atoms with Gasteiger partial charge in [0.15, 0.2) is 0 Å². The Morgan fingerprint density at radius 3 is 2.43 bits per heavy atom. The number of halogens is 2. The molecule has 4 nitrogen and oxygen atoms in total. The summed E-state index contributed by atoms with van der Waals surface area (Å²) in [5.74, 6) is -0.842. The fourth-order valence-electron chi connectivity index (χ4n) is 1.75. The molecule has 2 aromatic rings. The van der Waals surface area contributed by atoms with Crippen molar-refractivity contribution in [3.63, 3.8) is 0 Å². The topological polar surface area (TPSA) is 64.9 Å². The molecule has 6 heteroatoms. The first-order valence-corrected chi connectivity index (χ1v) is 7.11. The Kier molecular flexibility index (Phi) is 5.73. The van der Waals surface area contributed by atoms with Crippen LogP contribution in [0.15, 0.2) is 60.3 Å². The monoisotopic (exact) mass is 329 g/mol. The second kappa shape index (κ2) is 7.97. The minimum atomic E-state index is -0.526. The van der Waals surface area contributed by atoms with Crippen LogP contribution in [-0.4, -0.2) is 5.91 Å². The van der Waals surface area contributed by atoms with Gasteiger partial charge in [0.05, 0.1) is 0 Å². The van der Waals surface area contributed by atoms with Crippen LogP contribution in [-0.2, 0) is 11.3 Å². The third-order valence-corrected chi connectivity index (χ3v) is 3.18. The fraction of sp³-hybridized carbons (Fsp3) is 0.0588. The highest BCUT2D eigenvalue weighted by atomic mass is 35.5. The minimum absolute atomic E-state index is 0.0675. The van der Waals surface area contributed by atoms with Gasteiger partial charge < -0.3 is 10.6 Å². The number of benzene rings is 2. The van der Waals surface area contributed by atoms with Gasteiger partial charge in [0.1, 0.15) is 17.5 Å². The van der Waals surface area contributed by atoms with E-state index >= 15 is 0 Å². The molecule has 2 aromatic carbocycles. The number of rotatable bonds is 5. The third-order valence-electron chi connectivity index (χ3n) is 2.93. The molecule has 23 heavy (non-hydrogen) atoms. The summed E-state index contributed by atoms with van der Waals surface area (Å²) in [5, 5.41) is 15.1. The fourth-order valence-corrected chi connectivity index (χ4v) is 1.88. The van der Waals surface area contributed by atoms with Gasteiger partial charge in [-0.15, -0.1) is 0 Å². The Bertz CT molecular complexity index is 749. The van der Waals surface area contributed by atoms with Crippen LogP contribution >= 0.6 is 11.6 Å². The van der Waals surface area contributed by atoms with E-state index in [9.17, 15) is 9.18 Å². The number of nitrogens with zero attached hydrogens (tertiary/aromatic N) is 1. The summed E-state index contributed by atoms with van der Waals surface area (Å²) in [5.41, 5.74) is 1.30. The van der Waals surface area contributed by atoms with E-state index in [1.165, 1.54) is 18.3 Å². The Hall–Kier alpha value is -2.84. The molecule has 0 spiro atoms. The maximum absolute atomic E-state index is 12.8. The predicted molar refractivity (Wildman–Crippen MR) is 87.0 cm³/mol. The molecule has 1 amide bonds. The van der Waals surface area contributed by atoms with Gasteiger partial charge in [-0.2, -0.15) is 5.26 Å². The first-order valence-electron chi connectivity index (χ1n) is 6.73. The van der Waals surface area contributed by atoms with Crippen LogP contribution in [0.4, 0.5) is 10.1 Å². The van der Waals surface area contributed by atoms with Crippen molar-refractivity contribution in [2.45, 2.75) is 6.54 Å². The second-order valence-electron chi connectivity index (χ2n) is 4.64. The normalized spacial score (nSPS) is 10.7. The third kappa shape index (κ3) is 5.13. The number of hydrogen-bond acceptors (Lipinski definition) is 3. The van der Waals surface area contributed by atoms with Gasteiger partial charge in [-0.25, -0.2) is 4.39 Å². The number of anilines is 1. The number of carbonyl (C=O) groups excluding carboxylic acids is 1. The molecule has 0 bridgehead atoms. The van der Waals surface area contributed by atoms with E-state index < -0.39 is 5.91 Å². The molecule has 0 heterocycles. The van der Waals surface area contributed by atoms with E-state index in [0.29, 0.717) is 17.3 Å². The number of nitriles is 1. The number of hydrogen-bond donors (Lipinski definition) is 2. The highest BCUT2D eigenvalue weighted by Gasteiger charge is 2.09. The van der Waals surface area contributed by atoms with Gasteiger partial charge in [0.25, 0.3) is 5.91 Å². The lowest BCUT2D eigenvalue weighted by Crippen LogP contribution is -2.16. The van der Waals surface area contributed by atoms with Crippen molar-refractivity contribution >= 4 is 23.2 Å². The summed E-state index contributed by atoms with van der Waals surface area (Å²) in [6.45, 7) is 0.375. The first kappa shape index (κ1) is 16.5. The smallest absolute Gasteiger partial charge is 0.267 e. The molecule has 0 aliphatic heterocycles. The Labute approximate surface area is 138 Å². The Morgan fingerprint density at radius 1 is 1.17 bits per heavy atom. The predicted octanol–water partition coefficient (Wildman–Crippen LogP) is 3.61. The highest BCUT2D eigenvalue weighted by Crippen LogP contribution is 2.14. The van der Waals surface area contributed by atoms with Crippen LogP contribution in [0.2, 0.25) is 5.02 Å². The zero-order valence-corrected chi connectivity index (χ0v) is 12.8. The van der Waals surface area contributed by atoms with Crippen molar-refractivity contribution in [3.8, 4) is 6.07 Å². The quantitative estimate of drug-likeness (QED) is 0.650. The van der Waals surface area contributed by atoms with Crippen LogP contribution in [0.3, 0.4) is 0 Å². The van der Waals surface area contributed by atoms with Crippen LogP contribution in [0.5, 0.6) is 0 Å². The van der Waals surface area contributed by atoms with Crippen molar-refractivity contribution in [1.82, 2.24) is 5.32 Å². The molecule has 0 aromatic heterocycles. The van der Waals surface area contributed by atoms with Gasteiger partial charge in [0, 0.05) is 23.5 Å². The van der Waals surface area contributed by atoms with E-state index in [4.69, 9.17) is 16.9 Å². The van der Waals surface area contributed by atoms with Crippen molar-refractivity contribution in [2.24, 2.45) is 0 Å². The molecule has 0 aliphatic rings. The SMILES string of the molecule is N#C/C(=C/NCc1ccc(F)cc1)C(=O)Nc1ccc(Cl)cc1. The zero-order chi connectivity index (χ0) is 16.7. The lowest BCUT2D eigenvalue weighted by atomic mass is 10.2. The van der Waals surface area contributed by atoms with E-state index in [1.54, 1.807) is 36.4 Å². The first-order chi connectivity index (χ1) is 11.1. The number of amides is 1. The highest BCUT2D eigenvalue weighted by molar-refractivity contribution is 6.30. The second-order valence-corrected chi connectivity index (χ2v) is 5.07. The summed E-state index contributed by atoms with van der Waals surface area (Å²) >= 11 is 5.76. The van der Waals surface area contributed by atoms with Crippen LogP contribution < -0.4 is 10.6 Å². The Balaban J connectivity index is 1.95. The Morgan fingerprint density at radius 2 is 1.83 bits per heavy atom. The van der Waals surface area contributed by atoms with E-state index in [-0.39, 0.29) is 11.4 Å². The lowest BCUT2D eigenvalue weighted by molar-refractivity contribution is -0.112. The van der Waals surface area contributed by atoms with E-state index in [0.717, 1.165) is 5.56 Å². The van der Waals surface area contributed by atoms with Crippen LogP contribution in [0.25, 0.3) is 0 Å². The van der Waals surface area contributed by atoms with Crippen molar-refractivity contribution in [1.29, 1.82) is 5.26 Å². The van der Waals surface area contributed by atoms with E-state index in [2.05, 4.69) is 10.6 Å². The summed E-state index contributed by atoms with van der Waals surface area (Å²) in [4.78, 5) is 12.0. The summed E-state index contributed by atoms with van der Waals surface area (Å²) in [6.07, 6.45) is 1.33. The minimum Gasteiger partial charge on any atom is -0.386 e. The largest absolute Gasteiger partial charge is 0.386 e. The molecule has 0 fully saturated rings. The van der Waals surface area contributed by atoms with Gasteiger partial charge in [-0.05, 0) is 42.0 Å². The average Bonchev–Trinajstić information content (AvgIpc) is 2.55. The molecule has 0 radical (unpaired) electrons.